The van der Waals surface area contributed by atoms with Gasteiger partial charge in [-0.1, -0.05) is 0 Å². The number of nitrogens with zero attached hydrogens (tertiary/aromatic N) is 1. The highest BCUT2D eigenvalue weighted by Crippen LogP contribution is 2.50. The van der Waals surface area contributed by atoms with Gasteiger partial charge in [0.1, 0.15) is 11.7 Å². The van der Waals surface area contributed by atoms with Crippen molar-refractivity contribution < 1.29 is 9.53 Å². The maximum atomic E-state index is 13.0. The first kappa shape index (κ1) is 12.6. The first-order valence-electron chi connectivity index (χ1n) is 8.03. The van der Waals surface area contributed by atoms with E-state index >= 15 is 0 Å². The summed E-state index contributed by atoms with van der Waals surface area (Å²) >= 11 is 1.70. The van der Waals surface area contributed by atoms with Gasteiger partial charge in [0.25, 0.3) is 0 Å². The molecule has 4 aliphatic rings. The van der Waals surface area contributed by atoms with Crippen LogP contribution in [0.2, 0.25) is 0 Å². The van der Waals surface area contributed by atoms with Crippen LogP contribution in [0.3, 0.4) is 0 Å². The number of amides is 1. The van der Waals surface area contributed by atoms with Crippen LogP contribution in [0, 0.1) is 5.92 Å². The number of carbonyl (C=O) groups is 1. The highest BCUT2D eigenvalue weighted by Gasteiger charge is 2.62. The van der Waals surface area contributed by atoms with Gasteiger partial charge in [-0.3, -0.25) is 10.1 Å². The molecule has 21 heavy (non-hydrogen) atoms. The van der Waals surface area contributed by atoms with Crippen molar-refractivity contribution in [3.05, 3.63) is 22.4 Å². The van der Waals surface area contributed by atoms with E-state index in [1.54, 1.807) is 11.3 Å². The fourth-order valence-corrected chi connectivity index (χ4v) is 4.71. The topological polar surface area (TPSA) is 41.6 Å². The van der Waals surface area contributed by atoms with Crippen molar-refractivity contribution in [2.75, 3.05) is 6.61 Å². The van der Waals surface area contributed by atoms with Crippen LogP contribution in [-0.4, -0.2) is 35.1 Å². The predicted molar refractivity (Wildman–Crippen MR) is 79.9 cm³/mol. The van der Waals surface area contributed by atoms with Gasteiger partial charge >= 0.3 is 0 Å². The Kier molecular flexibility index (Phi) is 2.59. The van der Waals surface area contributed by atoms with Crippen LogP contribution in [-0.2, 0) is 9.53 Å². The minimum Gasteiger partial charge on any atom is -0.376 e. The molecular formula is C16H20N2O2S. The monoisotopic (exact) mass is 304 g/mol. The van der Waals surface area contributed by atoms with Crippen molar-refractivity contribution in [2.45, 2.75) is 56.0 Å². The van der Waals surface area contributed by atoms with Gasteiger partial charge in [0.05, 0.1) is 12.1 Å². The molecule has 0 bridgehead atoms. The fourth-order valence-electron chi connectivity index (χ4n) is 4.03. The molecule has 2 saturated heterocycles. The third-order valence-corrected chi connectivity index (χ3v) is 6.19. The molecule has 0 aromatic carbocycles. The lowest BCUT2D eigenvalue weighted by molar-refractivity contribution is -0.134. The second-order valence-electron chi connectivity index (χ2n) is 6.93. The maximum absolute atomic E-state index is 13.0. The van der Waals surface area contributed by atoms with Crippen LogP contribution >= 0.6 is 11.3 Å². The van der Waals surface area contributed by atoms with Gasteiger partial charge in [0.15, 0.2) is 0 Å². The summed E-state index contributed by atoms with van der Waals surface area (Å²) in [5.74, 6) is 1.00. The Morgan fingerprint density at radius 3 is 2.86 bits per heavy atom. The summed E-state index contributed by atoms with van der Waals surface area (Å²) < 4.78 is 5.99. The van der Waals surface area contributed by atoms with E-state index in [1.807, 2.05) is 0 Å². The van der Waals surface area contributed by atoms with E-state index in [1.165, 1.54) is 18.4 Å². The van der Waals surface area contributed by atoms with Crippen LogP contribution in [0.1, 0.15) is 43.8 Å². The van der Waals surface area contributed by atoms with Crippen LogP contribution in [0.4, 0.5) is 0 Å². The van der Waals surface area contributed by atoms with E-state index in [2.05, 4.69) is 27.0 Å². The number of rotatable bonds is 3. The Morgan fingerprint density at radius 2 is 2.19 bits per heavy atom. The summed E-state index contributed by atoms with van der Waals surface area (Å²) in [5.41, 5.74) is 0.988. The van der Waals surface area contributed by atoms with E-state index in [9.17, 15) is 4.79 Å². The Hall–Kier alpha value is -0.910. The normalized spacial score (nSPS) is 37.6. The zero-order valence-corrected chi connectivity index (χ0v) is 12.8. The van der Waals surface area contributed by atoms with Gasteiger partial charge in [-0.2, -0.15) is 11.3 Å². The molecule has 2 aliphatic carbocycles. The van der Waals surface area contributed by atoms with Gasteiger partial charge < -0.3 is 9.64 Å². The average molecular weight is 304 g/mol. The molecule has 1 spiro atoms. The van der Waals surface area contributed by atoms with Crippen LogP contribution in [0.15, 0.2) is 16.8 Å². The molecule has 1 N–H and O–H groups in total. The summed E-state index contributed by atoms with van der Waals surface area (Å²) in [6.07, 6.45) is 5.83. The molecule has 3 atom stereocenters. The van der Waals surface area contributed by atoms with Crippen molar-refractivity contribution in [3.8, 4) is 0 Å². The molecule has 1 aromatic rings. The number of thiophene rings is 1. The Labute approximate surface area is 128 Å². The Bertz CT molecular complexity index is 565. The van der Waals surface area contributed by atoms with Crippen molar-refractivity contribution in [1.29, 1.82) is 0 Å². The van der Waals surface area contributed by atoms with E-state index in [0.717, 1.165) is 25.9 Å². The molecule has 1 aromatic heterocycles. The third kappa shape index (κ3) is 1.84. The summed E-state index contributed by atoms with van der Waals surface area (Å²) in [4.78, 5) is 15.1. The number of nitrogens with one attached hydrogen (secondary N) is 1. The van der Waals surface area contributed by atoms with E-state index < -0.39 is 0 Å². The lowest BCUT2D eigenvalue weighted by Gasteiger charge is -2.33. The van der Waals surface area contributed by atoms with Crippen molar-refractivity contribution in [2.24, 2.45) is 5.92 Å². The molecule has 4 nitrogen and oxygen atoms in total. The quantitative estimate of drug-likeness (QED) is 0.931. The lowest BCUT2D eigenvalue weighted by atomic mass is 10.0. The van der Waals surface area contributed by atoms with Gasteiger partial charge in [0, 0.05) is 6.61 Å². The first-order valence-corrected chi connectivity index (χ1v) is 8.97. The SMILES string of the molecule is O=C1N(C2CCOC2C2CC2)C(c2ccsc2)NC12CC2. The van der Waals surface area contributed by atoms with Crippen molar-refractivity contribution in [3.63, 3.8) is 0 Å². The van der Waals surface area contributed by atoms with Crippen molar-refractivity contribution in [1.82, 2.24) is 10.2 Å². The van der Waals surface area contributed by atoms with E-state index in [0.29, 0.717) is 11.8 Å². The zero-order chi connectivity index (χ0) is 14.0. The predicted octanol–water partition coefficient (Wildman–Crippen LogP) is 2.28. The Balaban J connectivity index is 1.50. The van der Waals surface area contributed by atoms with Gasteiger partial charge in [-0.05, 0) is 60.4 Å². The molecule has 3 unspecified atom stereocenters. The molecule has 2 aliphatic heterocycles. The number of ether oxygens (including phenoxy) is 1. The summed E-state index contributed by atoms with van der Waals surface area (Å²) in [6.45, 7) is 0.805. The van der Waals surface area contributed by atoms with E-state index in [4.69, 9.17) is 4.74 Å². The second kappa shape index (κ2) is 4.31. The smallest absolute Gasteiger partial charge is 0.244 e. The minimum atomic E-state index is -0.247. The lowest BCUT2D eigenvalue weighted by Crippen LogP contribution is -2.45. The molecule has 5 heteroatoms. The largest absolute Gasteiger partial charge is 0.376 e. The number of hydrogen-bond acceptors (Lipinski definition) is 4. The summed E-state index contributed by atoms with van der Waals surface area (Å²) in [7, 11) is 0. The Morgan fingerprint density at radius 1 is 1.33 bits per heavy atom. The summed E-state index contributed by atoms with van der Waals surface area (Å²) in [6, 6.07) is 2.41. The molecule has 3 heterocycles. The highest BCUT2D eigenvalue weighted by molar-refractivity contribution is 7.08. The average Bonchev–Trinajstić information content (AvgIpc) is 3.33. The molecule has 112 valence electrons. The third-order valence-electron chi connectivity index (χ3n) is 5.49. The summed E-state index contributed by atoms with van der Waals surface area (Å²) in [5, 5.41) is 7.89. The maximum Gasteiger partial charge on any atom is 0.244 e. The molecule has 5 rings (SSSR count). The second-order valence-corrected chi connectivity index (χ2v) is 7.71. The van der Waals surface area contributed by atoms with Crippen LogP contribution in [0.25, 0.3) is 0 Å². The van der Waals surface area contributed by atoms with Crippen LogP contribution in [0.5, 0.6) is 0 Å². The minimum absolute atomic E-state index is 0.0548. The van der Waals surface area contributed by atoms with Gasteiger partial charge in [-0.15, -0.1) is 0 Å². The highest BCUT2D eigenvalue weighted by atomic mass is 32.1. The van der Waals surface area contributed by atoms with Crippen LogP contribution < -0.4 is 5.32 Å². The molecule has 1 amide bonds. The molecule has 4 fully saturated rings. The van der Waals surface area contributed by atoms with Gasteiger partial charge in [0.2, 0.25) is 5.91 Å². The van der Waals surface area contributed by atoms with Gasteiger partial charge in [-0.25, -0.2) is 0 Å². The molecular weight excluding hydrogens is 284 g/mol. The molecule has 2 saturated carbocycles. The first-order chi connectivity index (χ1) is 10.3. The number of hydrogen-bond donors (Lipinski definition) is 1. The molecule has 0 radical (unpaired) electrons. The standard InChI is InChI=1S/C16H20N2O2S/c19-15-16(5-6-16)17-14(11-4-8-21-9-11)18(15)12-3-7-20-13(12)10-1-2-10/h4,8-10,12-14,17H,1-3,5-7H2. The van der Waals surface area contributed by atoms with Crippen molar-refractivity contribution >= 4 is 17.2 Å². The zero-order valence-electron chi connectivity index (χ0n) is 12.0. The van der Waals surface area contributed by atoms with E-state index in [-0.39, 0.29) is 23.9 Å². The fraction of sp³-hybridized carbons (Fsp3) is 0.688. The number of carbonyl (C=O) groups excluding carboxylic acids is 1.